The van der Waals surface area contributed by atoms with Crippen molar-refractivity contribution in [2.24, 2.45) is 0 Å². The lowest BCUT2D eigenvalue weighted by Crippen LogP contribution is -2.16. The van der Waals surface area contributed by atoms with Gasteiger partial charge in [-0.3, -0.25) is 14.8 Å². The number of benzene rings is 3. The van der Waals surface area contributed by atoms with Crippen molar-refractivity contribution in [1.29, 1.82) is 0 Å². The van der Waals surface area contributed by atoms with Crippen molar-refractivity contribution in [3.8, 4) is 0 Å². The van der Waals surface area contributed by atoms with Crippen LogP contribution in [0.3, 0.4) is 0 Å². The molecule has 33 heavy (non-hydrogen) atoms. The number of nitrogens with one attached hydrogen (secondary N) is 2. The largest absolute Gasteiger partial charge is 0.478 e. The van der Waals surface area contributed by atoms with Crippen LogP contribution in [0.4, 0.5) is 23.0 Å². The van der Waals surface area contributed by atoms with E-state index >= 15 is 0 Å². The summed E-state index contributed by atoms with van der Waals surface area (Å²) >= 11 is 0. The number of nitro groups is 1. The van der Waals surface area contributed by atoms with E-state index in [4.69, 9.17) is 5.11 Å². The van der Waals surface area contributed by atoms with E-state index in [0.29, 0.717) is 16.7 Å². The van der Waals surface area contributed by atoms with Crippen LogP contribution in [0.2, 0.25) is 0 Å². The Bertz CT molecular complexity index is 1470. The number of aromatic carboxylic acids is 1. The molecule has 166 valence electrons. The monoisotopic (exact) mass is 465 g/mol. The maximum absolute atomic E-state index is 12.9. The Balaban J connectivity index is 1.72. The van der Waals surface area contributed by atoms with E-state index < -0.39 is 20.9 Å². The van der Waals surface area contributed by atoms with Gasteiger partial charge in [0.15, 0.2) is 11.6 Å². The Hall–Kier alpha value is -4.58. The van der Waals surface area contributed by atoms with Gasteiger partial charge in [0.2, 0.25) is 0 Å². The van der Waals surface area contributed by atoms with Crippen LogP contribution < -0.4 is 10.0 Å². The molecule has 3 N–H and O–H groups in total. The Morgan fingerprint density at radius 1 is 0.879 bits per heavy atom. The maximum Gasteiger partial charge on any atom is 0.335 e. The fourth-order valence-corrected chi connectivity index (χ4v) is 3.93. The normalized spacial score (nSPS) is 11.2. The standard InChI is InChI=1S/C21H15N5O6S/c27-21(28)13-5-7-14(8-6-13)22-19-20(24-18-4-2-1-3-17(18)23-19)25-33(31,32)16-11-9-15(10-12-16)26(29)30/h1-12H,(H,22,23)(H,24,25)(H,27,28). The van der Waals surface area contributed by atoms with Gasteiger partial charge in [-0.2, -0.15) is 0 Å². The first-order valence-electron chi connectivity index (χ1n) is 9.37. The fourth-order valence-electron chi connectivity index (χ4n) is 2.92. The van der Waals surface area contributed by atoms with E-state index in [-0.39, 0.29) is 27.8 Å². The molecule has 1 heterocycles. The molecule has 0 aliphatic heterocycles. The second-order valence-corrected chi connectivity index (χ2v) is 8.46. The number of carboxylic acid groups (broad SMARTS) is 1. The number of sulfonamides is 1. The lowest BCUT2D eigenvalue weighted by atomic mass is 10.2. The Kier molecular flexibility index (Phi) is 5.58. The predicted octanol–water partition coefficient (Wildman–Crippen LogP) is 3.78. The zero-order chi connectivity index (χ0) is 23.6. The molecule has 0 spiro atoms. The molecule has 0 amide bonds. The summed E-state index contributed by atoms with van der Waals surface area (Å²) in [6.07, 6.45) is 0. The molecule has 0 radical (unpaired) electrons. The number of fused-ring (bicyclic) bond motifs is 1. The topological polar surface area (TPSA) is 164 Å². The zero-order valence-electron chi connectivity index (χ0n) is 16.7. The van der Waals surface area contributed by atoms with E-state index in [9.17, 15) is 23.3 Å². The van der Waals surface area contributed by atoms with Gasteiger partial charge in [0.25, 0.3) is 15.7 Å². The minimum absolute atomic E-state index is 0.0854. The zero-order valence-corrected chi connectivity index (χ0v) is 17.5. The van der Waals surface area contributed by atoms with E-state index in [2.05, 4.69) is 20.0 Å². The van der Waals surface area contributed by atoms with Crippen molar-refractivity contribution in [2.45, 2.75) is 4.90 Å². The van der Waals surface area contributed by atoms with Gasteiger partial charge < -0.3 is 10.4 Å². The summed E-state index contributed by atoms with van der Waals surface area (Å²) in [4.78, 5) is 29.9. The molecule has 1 aromatic heterocycles. The van der Waals surface area contributed by atoms with E-state index in [1.165, 1.54) is 24.3 Å². The van der Waals surface area contributed by atoms with Crippen molar-refractivity contribution in [3.05, 3.63) is 88.5 Å². The highest BCUT2D eigenvalue weighted by molar-refractivity contribution is 7.92. The van der Waals surface area contributed by atoms with Crippen LogP contribution in [0.25, 0.3) is 11.0 Å². The molecule has 0 unspecified atom stereocenters. The molecule has 11 nitrogen and oxygen atoms in total. The molecule has 0 aliphatic carbocycles. The summed E-state index contributed by atoms with van der Waals surface area (Å²) in [6.45, 7) is 0. The number of hydrogen-bond acceptors (Lipinski definition) is 8. The van der Waals surface area contributed by atoms with Crippen molar-refractivity contribution in [1.82, 2.24) is 9.97 Å². The molecule has 0 atom stereocenters. The predicted molar refractivity (Wildman–Crippen MR) is 120 cm³/mol. The van der Waals surface area contributed by atoms with Crippen molar-refractivity contribution in [3.63, 3.8) is 0 Å². The third-order valence-electron chi connectivity index (χ3n) is 4.55. The van der Waals surface area contributed by atoms with Crippen LogP contribution >= 0.6 is 0 Å². The number of hydrogen-bond donors (Lipinski definition) is 3. The van der Waals surface area contributed by atoms with Gasteiger partial charge in [-0.05, 0) is 48.5 Å². The number of non-ortho nitro benzene ring substituents is 1. The van der Waals surface area contributed by atoms with Gasteiger partial charge in [-0.25, -0.2) is 23.2 Å². The summed E-state index contributed by atoms with van der Waals surface area (Å²) in [6, 6.07) is 17.1. The molecule has 0 aliphatic rings. The molecule has 4 aromatic rings. The SMILES string of the molecule is O=C(O)c1ccc(Nc2nc3ccccc3nc2NS(=O)(=O)c2ccc([N+](=O)[O-])cc2)cc1. The molecule has 0 saturated carbocycles. The number of rotatable bonds is 7. The van der Waals surface area contributed by atoms with Gasteiger partial charge in [-0.1, -0.05) is 12.1 Å². The smallest absolute Gasteiger partial charge is 0.335 e. The van der Waals surface area contributed by atoms with Crippen LogP contribution in [0.1, 0.15) is 10.4 Å². The summed E-state index contributed by atoms with van der Waals surface area (Å²) in [5.74, 6) is -1.10. The number of carbonyl (C=O) groups is 1. The summed E-state index contributed by atoms with van der Waals surface area (Å²) in [5.41, 5.74) is 1.24. The minimum Gasteiger partial charge on any atom is -0.478 e. The Morgan fingerprint density at radius 3 is 2.00 bits per heavy atom. The first kappa shape index (κ1) is 21.6. The average Bonchev–Trinajstić information content (AvgIpc) is 2.79. The number of para-hydroxylation sites is 2. The van der Waals surface area contributed by atoms with Gasteiger partial charge >= 0.3 is 5.97 Å². The van der Waals surface area contributed by atoms with E-state index in [1.54, 1.807) is 24.3 Å². The highest BCUT2D eigenvalue weighted by atomic mass is 32.2. The fraction of sp³-hybridized carbons (Fsp3) is 0. The van der Waals surface area contributed by atoms with Gasteiger partial charge in [0.05, 0.1) is 26.4 Å². The molecule has 4 rings (SSSR count). The van der Waals surface area contributed by atoms with Crippen LogP contribution in [-0.4, -0.2) is 34.4 Å². The molecular formula is C21H15N5O6S. The minimum atomic E-state index is -4.15. The van der Waals surface area contributed by atoms with Gasteiger partial charge in [0, 0.05) is 17.8 Å². The van der Waals surface area contributed by atoms with Crippen molar-refractivity contribution in [2.75, 3.05) is 10.0 Å². The third-order valence-corrected chi connectivity index (χ3v) is 5.91. The molecular weight excluding hydrogens is 450 g/mol. The van der Waals surface area contributed by atoms with E-state index in [1.807, 2.05) is 0 Å². The summed E-state index contributed by atoms with van der Waals surface area (Å²) in [5, 5.41) is 22.8. The second kappa shape index (κ2) is 8.51. The molecule has 0 fully saturated rings. The lowest BCUT2D eigenvalue weighted by Gasteiger charge is -2.14. The van der Waals surface area contributed by atoms with Gasteiger partial charge in [0.1, 0.15) is 0 Å². The summed E-state index contributed by atoms with van der Waals surface area (Å²) < 4.78 is 28.2. The summed E-state index contributed by atoms with van der Waals surface area (Å²) in [7, 11) is -4.15. The molecule has 3 aromatic carbocycles. The first-order valence-corrected chi connectivity index (χ1v) is 10.9. The lowest BCUT2D eigenvalue weighted by molar-refractivity contribution is -0.384. The van der Waals surface area contributed by atoms with Crippen LogP contribution in [-0.2, 0) is 10.0 Å². The number of aromatic nitrogens is 2. The quantitative estimate of drug-likeness (QED) is 0.272. The number of nitrogens with zero attached hydrogens (tertiary/aromatic N) is 3. The van der Waals surface area contributed by atoms with Crippen molar-refractivity contribution < 1.29 is 23.2 Å². The number of nitro benzene ring substituents is 1. The molecule has 0 bridgehead atoms. The average molecular weight is 465 g/mol. The first-order chi connectivity index (χ1) is 15.7. The molecule has 12 heteroatoms. The Morgan fingerprint density at radius 2 is 1.45 bits per heavy atom. The molecule has 0 saturated heterocycles. The third kappa shape index (κ3) is 4.70. The van der Waals surface area contributed by atoms with Crippen LogP contribution in [0, 0.1) is 10.1 Å². The second-order valence-electron chi connectivity index (χ2n) is 6.77. The number of anilines is 3. The van der Waals surface area contributed by atoms with E-state index in [0.717, 1.165) is 24.3 Å². The highest BCUT2D eigenvalue weighted by Gasteiger charge is 2.20. The highest BCUT2D eigenvalue weighted by Crippen LogP contribution is 2.27. The van der Waals surface area contributed by atoms with Crippen molar-refractivity contribution >= 4 is 50.0 Å². The van der Waals surface area contributed by atoms with Crippen LogP contribution in [0.5, 0.6) is 0 Å². The maximum atomic E-state index is 12.9. The Labute approximate surface area is 187 Å². The van der Waals surface area contributed by atoms with Crippen LogP contribution in [0.15, 0.2) is 77.7 Å². The number of carboxylic acids is 1. The van der Waals surface area contributed by atoms with Gasteiger partial charge in [-0.15, -0.1) is 0 Å².